The second-order valence-corrected chi connectivity index (χ2v) is 4.26. The van der Waals surface area contributed by atoms with Gasteiger partial charge in [-0.15, -0.1) is 0 Å². The van der Waals surface area contributed by atoms with E-state index in [1.807, 2.05) is 19.1 Å². The van der Waals surface area contributed by atoms with Gasteiger partial charge in [-0.1, -0.05) is 18.5 Å². The van der Waals surface area contributed by atoms with Crippen LogP contribution in [0.25, 0.3) is 0 Å². The van der Waals surface area contributed by atoms with E-state index >= 15 is 0 Å². The number of nitrogens with one attached hydrogen (secondary N) is 1. The largest absolute Gasteiger partial charge is 0.496 e. The van der Waals surface area contributed by atoms with Crippen molar-refractivity contribution in [2.24, 2.45) is 5.92 Å². The molecule has 0 amide bonds. The minimum absolute atomic E-state index is 0.0557. The van der Waals surface area contributed by atoms with Crippen LogP contribution >= 0.6 is 11.6 Å². The second kappa shape index (κ2) is 7.16. The van der Waals surface area contributed by atoms with Gasteiger partial charge in [-0.05, 0) is 24.6 Å². The molecule has 0 aliphatic rings. The first-order valence-corrected chi connectivity index (χ1v) is 6.01. The molecule has 0 bridgehead atoms. The van der Waals surface area contributed by atoms with E-state index in [2.05, 4.69) is 11.4 Å². The van der Waals surface area contributed by atoms with Crippen molar-refractivity contribution in [1.82, 2.24) is 5.32 Å². The van der Waals surface area contributed by atoms with Crippen molar-refractivity contribution >= 4 is 11.6 Å². The van der Waals surface area contributed by atoms with Crippen LogP contribution in [0.4, 0.5) is 0 Å². The van der Waals surface area contributed by atoms with Gasteiger partial charge >= 0.3 is 0 Å². The van der Waals surface area contributed by atoms with Crippen molar-refractivity contribution in [3.05, 3.63) is 28.8 Å². The lowest BCUT2D eigenvalue weighted by molar-refractivity contribution is 0.407. The predicted molar refractivity (Wildman–Crippen MR) is 69.1 cm³/mol. The molecule has 0 spiro atoms. The Morgan fingerprint density at radius 3 is 2.88 bits per heavy atom. The Balaban J connectivity index is 2.57. The van der Waals surface area contributed by atoms with E-state index in [1.165, 1.54) is 0 Å². The lowest BCUT2D eigenvalue weighted by Crippen LogP contribution is -2.21. The summed E-state index contributed by atoms with van der Waals surface area (Å²) in [6.45, 7) is 3.35. The van der Waals surface area contributed by atoms with Gasteiger partial charge in [-0.25, -0.2) is 0 Å². The van der Waals surface area contributed by atoms with Gasteiger partial charge in [-0.3, -0.25) is 0 Å². The molecule has 0 radical (unpaired) electrons. The van der Waals surface area contributed by atoms with E-state index in [9.17, 15) is 0 Å². The molecule has 0 aliphatic carbocycles. The maximum absolute atomic E-state index is 8.83. The minimum Gasteiger partial charge on any atom is -0.496 e. The molecule has 0 saturated carbocycles. The van der Waals surface area contributed by atoms with Gasteiger partial charge in [0.15, 0.2) is 0 Å². The Morgan fingerprint density at radius 2 is 2.29 bits per heavy atom. The molecule has 1 aromatic rings. The van der Waals surface area contributed by atoms with Crippen molar-refractivity contribution in [3.8, 4) is 11.8 Å². The van der Waals surface area contributed by atoms with Gasteiger partial charge in [-0.2, -0.15) is 5.26 Å². The second-order valence-electron chi connectivity index (χ2n) is 3.82. The van der Waals surface area contributed by atoms with Crippen LogP contribution in [0.2, 0.25) is 5.02 Å². The van der Waals surface area contributed by atoms with Crippen LogP contribution in [0.15, 0.2) is 18.2 Å². The number of benzene rings is 1. The van der Waals surface area contributed by atoms with Gasteiger partial charge in [0.25, 0.3) is 0 Å². The first-order valence-electron chi connectivity index (χ1n) is 5.64. The molecule has 92 valence electrons. The summed E-state index contributed by atoms with van der Waals surface area (Å²) in [5, 5.41) is 12.8. The highest BCUT2D eigenvalue weighted by Gasteiger charge is 2.06. The zero-order valence-electron chi connectivity index (χ0n) is 10.2. The zero-order chi connectivity index (χ0) is 12.7. The summed E-state index contributed by atoms with van der Waals surface area (Å²) in [5.41, 5.74) is 1.01. The Hall–Kier alpha value is -1.24. The molecule has 0 heterocycles. The van der Waals surface area contributed by atoms with Crippen LogP contribution in [0, 0.1) is 17.2 Å². The molecule has 1 aromatic carbocycles. The Morgan fingerprint density at radius 1 is 1.53 bits per heavy atom. The summed E-state index contributed by atoms with van der Waals surface area (Å²) in [7, 11) is 1.64. The Labute approximate surface area is 107 Å². The van der Waals surface area contributed by atoms with Crippen molar-refractivity contribution in [3.63, 3.8) is 0 Å². The Kier molecular flexibility index (Phi) is 5.82. The maximum atomic E-state index is 8.83. The molecule has 3 nitrogen and oxygen atoms in total. The number of rotatable bonds is 6. The lowest BCUT2D eigenvalue weighted by Gasteiger charge is -2.11. The zero-order valence-corrected chi connectivity index (χ0v) is 10.9. The summed E-state index contributed by atoms with van der Waals surface area (Å²) in [4.78, 5) is 0. The number of nitrogens with zero attached hydrogens (tertiary/aromatic N) is 1. The first kappa shape index (κ1) is 13.8. The summed E-state index contributed by atoms with van der Waals surface area (Å²) >= 11 is 5.93. The summed E-state index contributed by atoms with van der Waals surface area (Å²) < 4.78 is 5.25. The third kappa shape index (κ3) is 4.26. The fourth-order valence-electron chi connectivity index (χ4n) is 1.55. The van der Waals surface area contributed by atoms with Crippen molar-refractivity contribution < 1.29 is 4.74 Å². The SMILES string of the molecule is CCC(C#N)CNCc1cc(Cl)ccc1OC. The van der Waals surface area contributed by atoms with Gasteiger partial charge in [0.2, 0.25) is 0 Å². The molecule has 0 saturated heterocycles. The maximum Gasteiger partial charge on any atom is 0.123 e. The third-order valence-corrected chi connectivity index (χ3v) is 2.86. The number of nitriles is 1. The van der Waals surface area contributed by atoms with Crippen molar-refractivity contribution in [2.75, 3.05) is 13.7 Å². The highest BCUT2D eigenvalue weighted by atomic mass is 35.5. The number of methoxy groups -OCH3 is 1. The van der Waals surface area contributed by atoms with E-state index in [4.69, 9.17) is 21.6 Å². The van der Waals surface area contributed by atoms with Crippen LogP contribution in [-0.4, -0.2) is 13.7 Å². The molecule has 1 atom stereocenters. The van der Waals surface area contributed by atoms with E-state index in [0.717, 1.165) is 17.7 Å². The molecule has 0 aliphatic heterocycles. The smallest absolute Gasteiger partial charge is 0.123 e. The first-order chi connectivity index (χ1) is 8.21. The van der Waals surface area contributed by atoms with Crippen LogP contribution in [-0.2, 0) is 6.54 Å². The highest BCUT2D eigenvalue weighted by molar-refractivity contribution is 6.30. The number of ether oxygens (including phenoxy) is 1. The molecular formula is C13H17ClN2O. The number of hydrogen-bond donors (Lipinski definition) is 1. The molecule has 4 heteroatoms. The van der Waals surface area contributed by atoms with Gasteiger partial charge < -0.3 is 10.1 Å². The molecule has 1 N–H and O–H groups in total. The molecule has 0 fully saturated rings. The van der Waals surface area contributed by atoms with Crippen molar-refractivity contribution in [2.45, 2.75) is 19.9 Å². The monoisotopic (exact) mass is 252 g/mol. The Bertz CT molecular complexity index is 401. The molecule has 0 aromatic heterocycles. The predicted octanol–water partition coefficient (Wildman–Crippen LogP) is 2.99. The summed E-state index contributed by atoms with van der Waals surface area (Å²) in [5.74, 6) is 0.868. The minimum atomic E-state index is 0.0557. The van der Waals surface area contributed by atoms with E-state index < -0.39 is 0 Å². The number of halogens is 1. The van der Waals surface area contributed by atoms with Crippen LogP contribution in [0.1, 0.15) is 18.9 Å². The molecule has 1 rings (SSSR count). The van der Waals surface area contributed by atoms with Crippen LogP contribution in [0.3, 0.4) is 0 Å². The average molecular weight is 253 g/mol. The topological polar surface area (TPSA) is 45.0 Å². The molecular weight excluding hydrogens is 236 g/mol. The molecule has 17 heavy (non-hydrogen) atoms. The summed E-state index contributed by atoms with van der Waals surface area (Å²) in [6.07, 6.45) is 0.857. The third-order valence-electron chi connectivity index (χ3n) is 2.62. The summed E-state index contributed by atoms with van der Waals surface area (Å²) in [6, 6.07) is 7.78. The standard InChI is InChI=1S/C13H17ClN2O/c1-3-10(7-15)8-16-9-11-6-12(14)4-5-13(11)17-2/h4-6,10,16H,3,8-9H2,1-2H3. The van der Waals surface area contributed by atoms with Gasteiger partial charge in [0.05, 0.1) is 19.1 Å². The average Bonchev–Trinajstić information content (AvgIpc) is 2.35. The van der Waals surface area contributed by atoms with Crippen molar-refractivity contribution in [1.29, 1.82) is 5.26 Å². The van der Waals surface area contributed by atoms with Gasteiger partial charge in [0, 0.05) is 23.7 Å². The van der Waals surface area contributed by atoms with E-state index in [0.29, 0.717) is 18.1 Å². The fourth-order valence-corrected chi connectivity index (χ4v) is 1.74. The fraction of sp³-hybridized carbons (Fsp3) is 0.462. The van der Waals surface area contributed by atoms with E-state index in [1.54, 1.807) is 13.2 Å². The number of hydrogen-bond acceptors (Lipinski definition) is 3. The van der Waals surface area contributed by atoms with Crippen LogP contribution in [0.5, 0.6) is 5.75 Å². The molecule has 1 unspecified atom stereocenters. The normalized spacial score (nSPS) is 11.9. The lowest BCUT2D eigenvalue weighted by atomic mass is 10.1. The highest BCUT2D eigenvalue weighted by Crippen LogP contribution is 2.22. The quantitative estimate of drug-likeness (QED) is 0.847. The van der Waals surface area contributed by atoms with E-state index in [-0.39, 0.29) is 5.92 Å². The van der Waals surface area contributed by atoms with Crippen LogP contribution < -0.4 is 10.1 Å². The van der Waals surface area contributed by atoms with Gasteiger partial charge in [0.1, 0.15) is 5.75 Å².